The molecule has 0 radical (unpaired) electrons. The summed E-state index contributed by atoms with van der Waals surface area (Å²) in [4.78, 5) is 0. The molecule has 0 aliphatic carbocycles. The van der Waals surface area contributed by atoms with E-state index in [0.717, 1.165) is 24.5 Å². The molecular formula is C25H27NO2. The lowest BCUT2D eigenvalue weighted by Gasteiger charge is -2.29. The number of rotatable bonds is 5. The highest BCUT2D eigenvalue weighted by atomic mass is 16.5. The second kappa shape index (κ2) is 8.07. The highest BCUT2D eigenvalue weighted by Gasteiger charge is 2.25. The van der Waals surface area contributed by atoms with E-state index in [-0.39, 0.29) is 6.04 Å². The molecule has 1 aliphatic rings. The molecule has 3 nitrogen and oxygen atoms in total. The molecule has 144 valence electrons. The summed E-state index contributed by atoms with van der Waals surface area (Å²) in [6.07, 6.45) is 1.00. The highest BCUT2D eigenvalue weighted by molar-refractivity contribution is 5.50. The third kappa shape index (κ3) is 3.76. The molecule has 0 saturated carbocycles. The van der Waals surface area contributed by atoms with Gasteiger partial charge in [0, 0.05) is 12.1 Å². The fourth-order valence-corrected chi connectivity index (χ4v) is 3.86. The monoisotopic (exact) mass is 373 g/mol. The predicted octanol–water partition coefficient (Wildman–Crippen LogP) is 5.13. The molecule has 3 heteroatoms. The first-order valence-corrected chi connectivity index (χ1v) is 9.84. The van der Waals surface area contributed by atoms with Gasteiger partial charge < -0.3 is 14.8 Å². The summed E-state index contributed by atoms with van der Waals surface area (Å²) in [7, 11) is 1.75. The van der Waals surface area contributed by atoms with Crippen LogP contribution in [0.5, 0.6) is 11.5 Å². The van der Waals surface area contributed by atoms with Crippen molar-refractivity contribution < 1.29 is 9.47 Å². The molecule has 0 saturated heterocycles. The van der Waals surface area contributed by atoms with E-state index in [1.54, 1.807) is 7.11 Å². The Hall–Kier alpha value is -2.78. The standard InChI is InChI=1S/C25H27NO2/c1-17-13-23(24(27-3)14-18(17)2)25-22-10-9-21(15-20(22)11-12-26-25)28-16-19-7-5-4-6-8-19/h4-10,13-15,25-26H,11-12,16H2,1-3H3. The summed E-state index contributed by atoms with van der Waals surface area (Å²) in [5, 5.41) is 3.67. The normalized spacial score (nSPS) is 15.8. The van der Waals surface area contributed by atoms with Crippen LogP contribution in [0.25, 0.3) is 0 Å². The number of hydrogen-bond donors (Lipinski definition) is 1. The van der Waals surface area contributed by atoms with Crippen molar-refractivity contribution in [3.8, 4) is 11.5 Å². The molecule has 1 atom stereocenters. The van der Waals surface area contributed by atoms with E-state index >= 15 is 0 Å². The molecule has 1 heterocycles. The average molecular weight is 373 g/mol. The predicted molar refractivity (Wildman–Crippen MR) is 113 cm³/mol. The smallest absolute Gasteiger partial charge is 0.124 e. The second-order valence-corrected chi connectivity index (χ2v) is 7.45. The molecule has 0 aromatic heterocycles. The third-order valence-corrected chi connectivity index (χ3v) is 5.57. The Morgan fingerprint density at radius 2 is 1.71 bits per heavy atom. The van der Waals surface area contributed by atoms with Crippen molar-refractivity contribution in [1.82, 2.24) is 5.32 Å². The van der Waals surface area contributed by atoms with E-state index in [9.17, 15) is 0 Å². The Labute approximate surface area is 167 Å². The van der Waals surface area contributed by atoms with Gasteiger partial charge in [-0.1, -0.05) is 42.5 Å². The van der Waals surface area contributed by atoms with E-state index in [2.05, 4.69) is 61.6 Å². The van der Waals surface area contributed by atoms with Gasteiger partial charge in [0.05, 0.1) is 13.2 Å². The average Bonchev–Trinajstić information content (AvgIpc) is 2.74. The molecule has 3 aromatic carbocycles. The maximum absolute atomic E-state index is 6.03. The van der Waals surface area contributed by atoms with Gasteiger partial charge in [0.15, 0.2) is 0 Å². The van der Waals surface area contributed by atoms with Gasteiger partial charge in [0.2, 0.25) is 0 Å². The zero-order valence-electron chi connectivity index (χ0n) is 16.8. The molecular weight excluding hydrogens is 346 g/mol. The van der Waals surface area contributed by atoms with Crippen molar-refractivity contribution in [2.24, 2.45) is 0 Å². The Kier molecular flexibility index (Phi) is 5.36. The van der Waals surface area contributed by atoms with E-state index in [1.807, 2.05) is 18.2 Å². The van der Waals surface area contributed by atoms with Crippen LogP contribution < -0.4 is 14.8 Å². The Balaban J connectivity index is 1.61. The summed E-state index contributed by atoms with van der Waals surface area (Å²) in [6, 6.07) is 21.3. The van der Waals surface area contributed by atoms with Gasteiger partial charge in [-0.2, -0.15) is 0 Å². The van der Waals surface area contributed by atoms with Crippen molar-refractivity contribution in [3.05, 3.63) is 94.0 Å². The molecule has 0 amide bonds. The first-order valence-electron chi connectivity index (χ1n) is 9.84. The van der Waals surface area contributed by atoms with Crippen LogP contribution >= 0.6 is 0 Å². The van der Waals surface area contributed by atoms with Crippen LogP contribution in [-0.4, -0.2) is 13.7 Å². The minimum Gasteiger partial charge on any atom is -0.496 e. The fourth-order valence-electron chi connectivity index (χ4n) is 3.86. The maximum atomic E-state index is 6.03. The number of hydrogen-bond acceptors (Lipinski definition) is 3. The van der Waals surface area contributed by atoms with E-state index in [1.165, 1.54) is 33.4 Å². The SMILES string of the molecule is COc1cc(C)c(C)cc1C1NCCc2cc(OCc3ccccc3)ccc21. The lowest BCUT2D eigenvalue weighted by molar-refractivity contribution is 0.305. The zero-order valence-corrected chi connectivity index (χ0v) is 16.8. The molecule has 28 heavy (non-hydrogen) atoms. The Morgan fingerprint density at radius 1 is 0.929 bits per heavy atom. The molecule has 3 aromatic rings. The number of ether oxygens (including phenoxy) is 2. The van der Waals surface area contributed by atoms with Crippen molar-refractivity contribution in [3.63, 3.8) is 0 Å². The number of nitrogens with one attached hydrogen (secondary N) is 1. The van der Waals surface area contributed by atoms with Gasteiger partial charge in [0.25, 0.3) is 0 Å². The van der Waals surface area contributed by atoms with E-state index < -0.39 is 0 Å². The van der Waals surface area contributed by atoms with Crippen LogP contribution in [0, 0.1) is 13.8 Å². The van der Waals surface area contributed by atoms with Crippen molar-refractivity contribution in [2.75, 3.05) is 13.7 Å². The molecule has 1 N–H and O–H groups in total. The second-order valence-electron chi connectivity index (χ2n) is 7.45. The topological polar surface area (TPSA) is 30.5 Å². The van der Waals surface area contributed by atoms with Gasteiger partial charge in [-0.3, -0.25) is 0 Å². The van der Waals surface area contributed by atoms with Crippen LogP contribution in [0.1, 0.15) is 39.4 Å². The van der Waals surface area contributed by atoms with Gasteiger partial charge >= 0.3 is 0 Å². The quantitative estimate of drug-likeness (QED) is 0.673. The minimum atomic E-state index is 0.140. The number of methoxy groups -OCH3 is 1. The molecule has 1 unspecified atom stereocenters. The van der Waals surface area contributed by atoms with Crippen molar-refractivity contribution in [2.45, 2.75) is 32.9 Å². The minimum absolute atomic E-state index is 0.140. The molecule has 0 spiro atoms. The van der Waals surface area contributed by atoms with Gasteiger partial charge in [-0.15, -0.1) is 0 Å². The fraction of sp³-hybridized carbons (Fsp3) is 0.280. The van der Waals surface area contributed by atoms with Crippen molar-refractivity contribution >= 4 is 0 Å². The third-order valence-electron chi connectivity index (χ3n) is 5.57. The molecule has 0 bridgehead atoms. The molecule has 0 fully saturated rings. The largest absolute Gasteiger partial charge is 0.496 e. The summed E-state index contributed by atoms with van der Waals surface area (Å²) >= 11 is 0. The first kappa shape index (κ1) is 18.6. The summed E-state index contributed by atoms with van der Waals surface area (Å²) in [5.74, 6) is 1.87. The van der Waals surface area contributed by atoms with Crippen molar-refractivity contribution in [1.29, 1.82) is 0 Å². The van der Waals surface area contributed by atoms with E-state index in [4.69, 9.17) is 9.47 Å². The van der Waals surface area contributed by atoms with Gasteiger partial charge in [-0.05, 0) is 66.3 Å². The van der Waals surface area contributed by atoms with E-state index in [0.29, 0.717) is 6.61 Å². The van der Waals surface area contributed by atoms with Crippen LogP contribution in [0.2, 0.25) is 0 Å². The van der Waals surface area contributed by atoms with Gasteiger partial charge in [0.1, 0.15) is 18.1 Å². The Bertz CT molecular complexity index is 966. The van der Waals surface area contributed by atoms with Crippen LogP contribution in [0.15, 0.2) is 60.7 Å². The number of aryl methyl sites for hydroxylation is 2. The van der Waals surface area contributed by atoms with Gasteiger partial charge in [-0.25, -0.2) is 0 Å². The number of fused-ring (bicyclic) bond motifs is 1. The van der Waals surface area contributed by atoms with Crippen LogP contribution in [-0.2, 0) is 13.0 Å². The number of benzene rings is 3. The highest BCUT2D eigenvalue weighted by Crippen LogP contribution is 2.37. The summed E-state index contributed by atoms with van der Waals surface area (Å²) in [5.41, 5.74) is 7.56. The van der Waals surface area contributed by atoms with Crippen LogP contribution in [0.3, 0.4) is 0 Å². The lowest BCUT2D eigenvalue weighted by atomic mass is 9.88. The Morgan fingerprint density at radius 3 is 2.50 bits per heavy atom. The maximum Gasteiger partial charge on any atom is 0.124 e. The zero-order chi connectivity index (χ0) is 19.5. The molecule has 1 aliphatic heterocycles. The first-order chi connectivity index (χ1) is 13.7. The molecule has 4 rings (SSSR count). The van der Waals surface area contributed by atoms with Crippen LogP contribution in [0.4, 0.5) is 0 Å². The summed E-state index contributed by atoms with van der Waals surface area (Å²) < 4.78 is 11.7. The lowest BCUT2D eigenvalue weighted by Crippen LogP contribution is -2.31. The summed E-state index contributed by atoms with van der Waals surface area (Å²) in [6.45, 7) is 5.81.